The molecule has 3 heterocycles. The Labute approximate surface area is 181 Å². The molecule has 0 bridgehead atoms. The third-order valence-corrected chi connectivity index (χ3v) is 7.03. The van der Waals surface area contributed by atoms with Crippen molar-refractivity contribution in [2.45, 2.75) is 0 Å². The van der Waals surface area contributed by atoms with Crippen LogP contribution in [0.3, 0.4) is 0 Å². The van der Waals surface area contributed by atoms with Gasteiger partial charge in [0.05, 0.1) is 22.1 Å². The maximum Gasteiger partial charge on any atom is 0.279 e. The molecular formula is C29H16N2O. The first kappa shape index (κ1) is 16.3. The highest BCUT2D eigenvalue weighted by Crippen LogP contribution is 2.39. The Hall–Kier alpha value is -4.37. The van der Waals surface area contributed by atoms with Gasteiger partial charge in [-0.1, -0.05) is 78.9 Å². The van der Waals surface area contributed by atoms with Crippen LogP contribution in [0.4, 0.5) is 0 Å². The monoisotopic (exact) mass is 408 g/mol. The Morgan fingerprint density at radius 3 is 1.72 bits per heavy atom. The molecule has 0 amide bonds. The van der Waals surface area contributed by atoms with Crippen LogP contribution in [0.25, 0.3) is 65.3 Å². The Morgan fingerprint density at radius 2 is 0.938 bits per heavy atom. The summed E-state index contributed by atoms with van der Waals surface area (Å²) in [5.41, 5.74) is 4.85. The summed E-state index contributed by atoms with van der Waals surface area (Å²) in [6.07, 6.45) is 0. The average Bonchev–Trinajstić information content (AvgIpc) is 3.41. The van der Waals surface area contributed by atoms with E-state index in [0.29, 0.717) is 5.52 Å². The number of benzene rings is 5. The quantitative estimate of drug-likeness (QED) is 0.255. The molecule has 32 heavy (non-hydrogen) atoms. The van der Waals surface area contributed by atoms with Crippen molar-refractivity contribution in [3.8, 4) is 0 Å². The van der Waals surface area contributed by atoms with Crippen LogP contribution in [0.1, 0.15) is 0 Å². The molecule has 148 valence electrons. The van der Waals surface area contributed by atoms with Gasteiger partial charge in [0.15, 0.2) is 0 Å². The fraction of sp³-hybridized carbons (Fsp3) is 0. The lowest BCUT2D eigenvalue weighted by molar-refractivity contribution is 1.15. The predicted molar refractivity (Wildman–Crippen MR) is 133 cm³/mol. The Balaban J connectivity index is 1.81. The number of fused-ring (bicyclic) bond motifs is 12. The normalized spacial score (nSPS) is 12.5. The van der Waals surface area contributed by atoms with E-state index in [-0.39, 0.29) is 5.56 Å². The lowest BCUT2D eigenvalue weighted by atomic mass is 9.98. The van der Waals surface area contributed by atoms with E-state index in [9.17, 15) is 4.79 Å². The fourth-order valence-corrected chi connectivity index (χ4v) is 5.77. The van der Waals surface area contributed by atoms with Gasteiger partial charge in [-0.05, 0) is 34.4 Å². The zero-order valence-electron chi connectivity index (χ0n) is 17.0. The van der Waals surface area contributed by atoms with E-state index in [1.165, 1.54) is 21.5 Å². The van der Waals surface area contributed by atoms with E-state index in [4.69, 9.17) is 0 Å². The highest BCUT2D eigenvalue weighted by Gasteiger charge is 2.20. The van der Waals surface area contributed by atoms with Crippen molar-refractivity contribution >= 4 is 65.3 Å². The predicted octanol–water partition coefficient (Wildman–Crippen LogP) is 6.76. The molecule has 8 rings (SSSR count). The van der Waals surface area contributed by atoms with E-state index in [1.54, 1.807) is 0 Å². The summed E-state index contributed by atoms with van der Waals surface area (Å²) in [6, 6.07) is 33.6. The molecule has 0 aliphatic heterocycles. The standard InChI is InChI=1S/C29H16N2O/c32-29-26-16-23-19-10-2-1-8-17(19)18-9-3-4-12-21(18)27(23)30(26)25-15-7-13-22-20-11-5-6-14-24(20)31(29)28(22)25/h1-16H. The number of hydrogen-bond donors (Lipinski definition) is 0. The molecule has 0 unspecified atom stereocenters. The summed E-state index contributed by atoms with van der Waals surface area (Å²) < 4.78 is 4.09. The van der Waals surface area contributed by atoms with Crippen LogP contribution < -0.4 is 5.56 Å². The molecule has 5 aromatic carbocycles. The molecule has 0 atom stereocenters. The van der Waals surface area contributed by atoms with Crippen molar-refractivity contribution in [3.63, 3.8) is 0 Å². The molecule has 0 saturated heterocycles. The van der Waals surface area contributed by atoms with Crippen LogP contribution in [0.15, 0.2) is 102 Å². The van der Waals surface area contributed by atoms with Gasteiger partial charge in [0, 0.05) is 21.5 Å². The largest absolute Gasteiger partial charge is 0.302 e. The second-order valence-electron chi connectivity index (χ2n) is 8.55. The summed E-state index contributed by atoms with van der Waals surface area (Å²) >= 11 is 0. The van der Waals surface area contributed by atoms with Gasteiger partial charge in [-0.2, -0.15) is 0 Å². The van der Waals surface area contributed by atoms with Gasteiger partial charge >= 0.3 is 0 Å². The van der Waals surface area contributed by atoms with Crippen molar-refractivity contribution in [2.75, 3.05) is 0 Å². The minimum Gasteiger partial charge on any atom is -0.302 e. The fourth-order valence-electron chi connectivity index (χ4n) is 5.77. The molecule has 0 radical (unpaired) electrons. The van der Waals surface area contributed by atoms with E-state index in [0.717, 1.165) is 38.2 Å². The smallest absolute Gasteiger partial charge is 0.279 e. The van der Waals surface area contributed by atoms with Crippen LogP contribution >= 0.6 is 0 Å². The number of para-hydroxylation sites is 2. The molecule has 0 N–H and O–H groups in total. The van der Waals surface area contributed by atoms with Gasteiger partial charge < -0.3 is 4.40 Å². The zero-order valence-corrected chi connectivity index (χ0v) is 17.0. The summed E-state index contributed by atoms with van der Waals surface area (Å²) in [5, 5.41) is 8.12. The molecule has 3 nitrogen and oxygen atoms in total. The van der Waals surface area contributed by atoms with Crippen molar-refractivity contribution in [3.05, 3.63) is 107 Å². The van der Waals surface area contributed by atoms with Crippen molar-refractivity contribution < 1.29 is 0 Å². The Morgan fingerprint density at radius 1 is 0.406 bits per heavy atom. The van der Waals surface area contributed by atoms with Crippen LogP contribution in [-0.2, 0) is 0 Å². The number of hydrogen-bond acceptors (Lipinski definition) is 1. The van der Waals surface area contributed by atoms with E-state index in [1.807, 2.05) is 22.6 Å². The van der Waals surface area contributed by atoms with Gasteiger partial charge in [0.1, 0.15) is 5.52 Å². The summed E-state index contributed by atoms with van der Waals surface area (Å²) in [4.78, 5) is 14.0. The third-order valence-electron chi connectivity index (χ3n) is 7.03. The second kappa shape index (κ2) is 5.45. The highest BCUT2D eigenvalue weighted by molar-refractivity contribution is 6.26. The van der Waals surface area contributed by atoms with Gasteiger partial charge in [-0.25, -0.2) is 0 Å². The van der Waals surface area contributed by atoms with Crippen molar-refractivity contribution in [2.24, 2.45) is 0 Å². The molecule has 0 fully saturated rings. The maximum absolute atomic E-state index is 14.0. The van der Waals surface area contributed by atoms with E-state index < -0.39 is 0 Å². The summed E-state index contributed by atoms with van der Waals surface area (Å²) in [5.74, 6) is 0. The van der Waals surface area contributed by atoms with Gasteiger partial charge in [-0.3, -0.25) is 9.20 Å². The van der Waals surface area contributed by atoms with Crippen LogP contribution in [0, 0.1) is 0 Å². The number of aromatic nitrogens is 2. The van der Waals surface area contributed by atoms with Crippen molar-refractivity contribution in [1.29, 1.82) is 0 Å². The molecule has 0 saturated carbocycles. The first-order valence-corrected chi connectivity index (χ1v) is 10.8. The molecule has 8 aromatic rings. The average molecular weight is 408 g/mol. The van der Waals surface area contributed by atoms with Crippen molar-refractivity contribution in [1.82, 2.24) is 8.80 Å². The lowest BCUT2D eigenvalue weighted by Gasteiger charge is -2.10. The number of nitrogens with zero attached hydrogens (tertiary/aromatic N) is 2. The van der Waals surface area contributed by atoms with E-state index >= 15 is 0 Å². The summed E-state index contributed by atoms with van der Waals surface area (Å²) in [6.45, 7) is 0. The minimum absolute atomic E-state index is 0.0271. The lowest BCUT2D eigenvalue weighted by Crippen LogP contribution is -2.15. The Kier molecular flexibility index (Phi) is 2.79. The first-order valence-electron chi connectivity index (χ1n) is 10.8. The molecule has 0 spiro atoms. The molecule has 0 aliphatic carbocycles. The van der Waals surface area contributed by atoms with Gasteiger partial charge in [-0.15, -0.1) is 0 Å². The molecular weight excluding hydrogens is 392 g/mol. The van der Waals surface area contributed by atoms with Crippen LogP contribution in [-0.4, -0.2) is 8.80 Å². The topological polar surface area (TPSA) is 25.9 Å². The highest BCUT2D eigenvalue weighted by atomic mass is 16.1. The Bertz CT molecular complexity index is 2110. The third kappa shape index (κ3) is 1.74. The minimum atomic E-state index is 0.0271. The van der Waals surface area contributed by atoms with Gasteiger partial charge in [0.2, 0.25) is 0 Å². The molecule has 3 heteroatoms. The van der Waals surface area contributed by atoms with Gasteiger partial charge in [0.25, 0.3) is 5.56 Å². The zero-order chi connectivity index (χ0) is 21.0. The molecule has 0 aliphatic rings. The SMILES string of the molecule is O=c1c2cc3c4ccccc4c4ccccc4c3n2c2cccc3c4ccccc4n1c32. The van der Waals surface area contributed by atoms with Crippen LogP contribution in [0.5, 0.6) is 0 Å². The molecule has 3 aromatic heterocycles. The first-order chi connectivity index (χ1) is 15.8. The maximum atomic E-state index is 14.0. The summed E-state index contributed by atoms with van der Waals surface area (Å²) in [7, 11) is 0. The van der Waals surface area contributed by atoms with Crippen LogP contribution in [0.2, 0.25) is 0 Å². The number of rotatable bonds is 0. The van der Waals surface area contributed by atoms with E-state index in [2.05, 4.69) is 83.3 Å². The second-order valence-corrected chi connectivity index (χ2v) is 8.55.